The summed E-state index contributed by atoms with van der Waals surface area (Å²) in [6, 6.07) is 13.7. The molecule has 0 spiro atoms. The van der Waals surface area contributed by atoms with Crippen LogP contribution in [-0.2, 0) is 4.79 Å². The smallest absolute Gasteiger partial charge is 0.264 e. The molecule has 1 heterocycles. The Morgan fingerprint density at radius 2 is 1.89 bits per heavy atom. The van der Waals surface area contributed by atoms with Crippen LogP contribution in [0.2, 0.25) is 0 Å². The molecule has 2 N–H and O–H groups in total. The van der Waals surface area contributed by atoms with Gasteiger partial charge in [-0.25, -0.2) is 0 Å². The Labute approximate surface area is 160 Å². The zero-order valence-corrected chi connectivity index (χ0v) is 15.2. The predicted molar refractivity (Wildman–Crippen MR) is 100 cm³/mol. The number of anilines is 1. The lowest BCUT2D eigenvalue weighted by Crippen LogP contribution is -2.20. The summed E-state index contributed by atoms with van der Waals surface area (Å²) in [7, 11) is 3.11. The fourth-order valence-electron chi connectivity index (χ4n) is 2.37. The first-order chi connectivity index (χ1) is 13.6. The number of hydrogen-bond donors (Lipinski definition) is 2. The molecule has 0 aliphatic carbocycles. The Kier molecular flexibility index (Phi) is 5.72. The average Bonchev–Trinajstić information content (AvgIpc) is 3.20. The molecule has 1 amide bonds. The molecule has 0 aliphatic rings. The molecule has 0 bridgehead atoms. The highest BCUT2D eigenvalue weighted by Gasteiger charge is 2.14. The van der Waals surface area contributed by atoms with E-state index in [1.807, 2.05) is 6.07 Å². The first-order valence-corrected chi connectivity index (χ1v) is 8.20. The SMILES string of the molecule is COc1ccc(-c2nc(NC(=O)COc3ccc(C#N)cc3)n[nH]2)c(OC)c1. The normalized spacial score (nSPS) is 10.0. The van der Waals surface area contributed by atoms with E-state index in [0.29, 0.717) is 34.2 Å². The van der Waals surface area contributed by atoms with E-state index in [1.54, 1.807) is 49.6 Å². The van der Waals surface area contributed by atoms with Crippen LogP contribution in [0.4, 0.5) is 5.95 Å². The van der Waals surface area contributed by atoms with Crippen molar-refractivity contribution in [2.45, 2.75) is 0 Å². The highest BCUT2D eigenvalue weighted by atomic mass is 16.5. The Bertz CT molecular complexity index is 1010. The second kappa shape index (κ2) is 8.55. The lowest BCUT2D eigenvalue weighted by atomic mass is 10.2. The quantitative estimate of drug-likeness (QED) is 0.646. The van der Waals surface area contributed by atoms with Crippen molar-refractivity contribution in [2.75, 3.05) is 26.1 Å². The highest BCUT2D eigenvalue weighted by molar-refractivity contribution is 5.90. The summed E-state index contributed by atoms with van der Waals surface area (Å²) in [4.78, 5) is 16.3. The number of aromatic amines is 1. The maximum Gasteiger partial charge on any atom is 0.264 e. The number of methoxy groups -OCH3 is 2. The first kappa shape index (κ1) is 18.7. The van der Waals surface area contributed by atoms with Crippen LogP contribution in [0, 0.1) is 11.3 Å². The van der Waals surface area contributed by atoms with Gasteiger partial charge < -0.3 is 14.2 Å². The molecule has 0 atom stereocenters. The van der Waals surface area contributed by atoms with Crippen molar-refractivity contribution in [3.8, 4) is 34.7 Å². The molecule has 2 aromatic carbocycles. The second-order valence-corrected chi connectivity index (χ2v) is 5.55. The number of ether oxygens (including phenoxy) is 3. The van der Waals surface area contributed by atoms with Crippen molar-refractivity contribution in [2.24, 2.45) is 0 Å². The molecular formula is C19H17N5O4. The summed E-state index contributed by atoms with van der Waals surface area (Å²) in [6.45, 7) is -0.221. The van der Waals surface area contributed by atoms with Gasteiger partial charge in [0.25, 0.3) is 5.91 Å². The maximum absolute atomic E-state index is 12.0. The van der Waals surface area contributed by atoms with E-state index < -0.39 is 5.91 Å². The zero-order chi connectivity index (χ0) is 19.9. The number of hydrogen-bond acceptors (Lipinski definition) is 7. The largest absolute Gasteiger partial charge is 0.497 e. The van der Waals surface area contributed by atoms with Gasteiger partial charge in [0.05, 0.1) is 31.4 Å². The van der Waals surface area contributed by atoms with Gasteiger partial charge in [-0.05, 0) is 36.4 Å². The van der Waals surface area contributed by atoms with E-state index >= 15 is 0 Å². The maximum atomic E-state index is 12.0. The fraction of sp³-hybridized carbons (Fsp3) is 0.158. The molecule has 9 nitrogen and oxygen atoms in total. The van der Waals surface area contributed by atoms with Crippen LogP contribution >= 0.6 is 0 Å². The molecule has 0 unspecified atom stereocenters. The zero-order valence-electron chi connectivity index (χ0n) is 15.2. The van der Waals surface area contributed by atoms with Gasteiger partial charge in [-0.3, -0.25) is 15.2 Å². The topological polar surface area (TPSA) is 122 Å². The van der Waals surface area contributed by atoms with Crippen molar-refractivity contribution >= 4 is 11.9 Å². The summed E-state index contributed by atoms with van der Waals surface area (Å²) in [5.74, 6) is 1.81. The van der Waals surface area contributed by atoms with Gasteiger partial charge in [-0.1, -0.05) is 0 Å². The van der Waals surface area contributed by atoms with Gasteiger partial charge in [0.1, 0.15) is 17.2 Å². The van der Waals surface area contributed by atoms with Crippen LogP contribution in [-0.4, -0.2) is 41.9 Å². The minimum atomic E-state index is -0.420. The Balaban J connectivity index is 1.62. The summed E-state index contributed by atoms with van der Waals surface area (Å²) in [5.41, 5.74) is 1.18. The molecule has 0 saturated heterocycles. The highest BCUT2D eigenvalue weighted by Crippen LogP contribution is 2.31. The molecular weight excluding hydrogens is 362 g/mol. The molecule has 28 heavy (non-hydrogen) atoms. The predicted octanol–water partition coefficient (Wildman–Crippen LogP) is 2.38. The molecule has 0 aliphatic heterocycles. The third-order valence-corrected chi connectivity index (χ3v) is 3.75. The van der Waals surface area contributed by atoms with Gasteiger partial charge in [-0.15, -0.1) is 5.10 Å². The minimum Gasteiger partial charge on any atom is -0.497 e. The number of benzene rings is 2. The van der Waals surface area contributed by atoms with Gasteiger partial charge in [0.15, 0.2) is 12.4 Å². The number of nitrogens with zero attached hydrogens (tertiary/aromatic N) is 3. The van der Waals surface area contributed by atoms with Crippen LogP contribution < -0.4 is 19.5 Å². The van der Waals surface area contributed by atoms with Gasteiger partial charge in [0.2, 0.25) is 5.95 Å². The molecule has 142 valence electrons. The monoisotopic (exact) mass is 379 g/mol. The minimum absolute atomic E-state index is 0.112. The summed E-state index contributed by atoms with van der Waals surface area (Å²) in [6.07, 6.45) is 0. The summed E-state index contributed by atoms with van der Waals surface area (Å²) in [5, 5.41) is 18.1. The molecule has 9 heteroatoms. The van der Waals surface area contributed by atoms with Gasteiger partial charge >= 0.3 is 0 Å². The molecule has 3 rings (SSSR count). The Morgan fingerprint density at radius 1 is 1.14 bits per heavy atom. The third kappa shape index (κ3) is 4.37. The second-order valence-electron chi connectivity index (χ2n) is 5.55. The van der Waals surface area contributed by atoms with E-state index in [2.05, 4.69) is 20.5 Å². The van der Waals surface area contributed by atoms with Crippen molar-refractivity contribution < 1.29 is 19.0 Å². The summed E-state index contributed by atoms with van der Waals surface area (Å²) >= 11 is 0. The standard InChI is InChI=1S/C19H17N5O4/c1-26-14-7-8-15(16(9-14)27-2)18-22-19(24-23-18)21-17(25)11-28-13-5-3-12(10-20)4-6-13/h3-9H,11H2,1-2H3,(H2,21,22,23,24,25). The lowest BCUT2D eigenvalue weighted by Gasteiger charge is -2.08. The van der Waals surface area contributed by atoms with E-state index in [4.69, 9.17) is 19.5 Å². The van der Waals surface area contributed by atoms with Crippen molar-refractivity contribution in [3.63, 3.8) is 0 Å². The van der Waals surface area contributed by atoms with Crippen LogP contribution in [0.15, 0.2) is 42.5 Å². The number of carbonyl (C=O) groups excluding carboxylic acids is 1. The Hall–Kier alpha value is -4.06. The van der Waals surface area contributed by atoms with Gasteiger partial charge in [0, 0.05) is 6.07 Å². The number of H-pyrrole nitrogens is 1. The van der Waals surface area contributed by atoms with Crippen molar-refractivity contribution in [3.05, 3.63) is 48.0 Å². The Morgan fingerprint density at radius 3 is 2.57 bits per heavy atom. The molecule has 0 radical (unpaired) electrons. The first-order valence-electron chi connectivity index (χ1n) is 8.20. The number of nitrogens with one attached hydrogen (secondary N) is 2. The van der Waals surface area contributed by atoms with Crippen molar-refractivity contribution in [1.29, 1.82) is 5.26 Å². The summed E-state index contributed by atoms with van der Waals surface area (Å²) < 4.78 is 15.9. The number of carbonyl (C=O) groups is 1. The van der Waals surface area contributed by atoms with Crippen LogP contribution in [0.1, 0.15) is 5.56 Å². The molecule has 3 aromatic rings. The van der Waals surface area contributed by atoms with E-state index in [9.17, 15) is 4.79 Å². The molecule has 1 aromatic heterocycles. The van der Waals surface area contributed by atoms with E-state index in [-0.39, 0.29) is 12.6 Å². The number of rotatable bonds is 7. The van der Waals surface area contributed by atoms with Crippen molar-refractivity contribution in [1.82, 2.24) is 15.2 Å². The van der Waals surface area contributed by atoms with Crippen LogP contribution in [0.3, 0.4) is 0 Å². The number of aromatic nitrogens is 3. The van der Waals surface area contributed by atoms with Crippen LogP contribution in [0.5, 0.6) is 17.2 Å². The lowest BCUT2D eigenvalue weighted by molar-refractivity contribution is -0.118. The molecule has 0 fully saturated rings. The number of amides is 1. The fourth-order valence-corrected chi connectivity index (χ4v) is 2.37. The molecule has 0 saturated carbocycles. The van der Waals surface area contributed by atoms with Crippen LogP contribution in [0.25, 0.3) is 11.4 Å². The van der Waals surface area contributed by atoms with Gasteiger partial charge in [-0.2, -0.15) is 10.2 Å². The average molecular weight is 379 g/mol. The van der Waals surface area contributed by atoms with E-state index in [1.165, 1.54) is 7.11 Å². The third-order valence-electron chi connectivity index (χ3n) is 3.75. The number of nitriles is 1. The van der Waals surface area contributed by atoms with E-state index in [0.717, 1.165) is 0 Å².